The maximum Gasteiger partial charge on any atom is 0.334 e. The summed E-state index contributed by atoms with van der Waals surface area (Å²) in [6, 6.07) is 0. The average molecular weight is 210 g/mol. The minimum atomic E-state index is -0.578. The van der Waals surface area contributed by atoms with Gasteiger partial charge in [0, 0.05) is 11.6 Å². The van der Waals surface area contributed by atoms with Gasteiger partial charge in [-0.3, -0.25) is 0 Å². The Kier molecular flexibility index (Phi) is 6.63. The second kappa shape index (κ2) is 7.55. The van der Waals surface area contributed by atoms with Crippen LogP contribution in [-0.4, -0.2) is 25.7 Å². The zero-order chi connectivity index (χ0) is 11.7. The Morgan fingerprint density at radius 2 is 2.07 bits per heavy atom. The van der Waals surface area contributed by atoms with Crippen LogP contribution in [0.5, 0.6) is 0 Å². The molecule has 0 unspecified atom stereocenters. The Hall–Kier alpha value is -1.84. The van der Waals surface area contributed by atoms with Crippen LogP contribution in [-0.2, 0) is 19.1 Å². The molecule has 0 aliphatic heterocycles. The van der Waals surface area contributed by atoms with Crippen LogP contribution in [0.15, 0.2) is 36.5 Å². The number of carbonyl (C=O) groups excluding carboxylic acids is 2. The summed E-state index contributed by atoms with van der Waals surface area (Å²) in [6.07, 6.45) is 5.95. The molecule has 0 aromatic rings. The summed E-state index contributed by atoms with van der Waals surface area (Å²) in [5.74, 6) is -1.12. The minimum Gasteiger partial charge on any atom is -0.466 e. The van der Waals surface area contributed by atoms with Crippen LogP contribution in [0, 0.1) is 0 Å². The summed E-state index contributed by atoms with van der Waals surface area (Å²) in [5, 5.41) is 0. The lowest BCUT2D eigenvalue weighted by molar-refractivity contribution is -0.139. The van der Waals surface area contributed by atoms with Gasteiger partial charge in [0.1, 0.15) is 6.61 Å². The van der Waals surface area contributed by atoms with Crippen molar-refractivity contribution in [1.82, 2.24) is 0 Å². The molecule has 0 aromatic heterocycles. The highest BCUT2D eigenvalue weighted by Crippen LogP contribution is 1.97. The molecule has 0 rings (SSSR count). The molecule has 15 heavy (non-hydrogen) atoms. The molecular formula is C11H14O4. The van der Waals surface area contributed by atoms with E-state index in [1.807, 2.05) is 0 Å². The van der Waals surface area contributed by atoms with E-state index in [1.165, 1.54) is 14.0 Å². The monoisotopic (exact) mass is 210 g/mol. The number of rotatable bonds is 5. The summed E-state index contributed by atoms with van der Waals surface area (Å²) in [6.45, 7) is 5.10. The molecule has 4 nitrogen and oxygen atoms in total. The van der Waals surface area contributed by atoms with E-state index < -0.39 is 11.9 Å². The average Bonchev–Trinajstić information content (AvgIpc) is 2.23. The number of allylic oxidation sites excluding steroid dienone is 2. The van der Waals surface area contributed by atoms with Gasteiger partial charge in [-0.1, -0.05) is 18.7 Å². The molecule has 0 N–H and O–H groups in total. The summed E-state index contributed by atoms with van der Waals surface area (Å²) >= 11 is 0. The third-order valence-corrected chi connectivity index (χ3v) is 1.44. The van der Waals surface area contributed by atoms with Crippen molar-refractivity contribution in [2.24, 2.45) is 0 Å². The maximum atomic E-state index is 11.2. The summed E-state index contributed by atoms with van der Waals surface area (Å²) < 4.78 is 9.17. The quantitative estimate of drug-likeness (QED) is 0.391. The first-order chi connectivity index (χ1) is 7.11. The smallest absolute Gasteiger partial charge is 0.334 e. The van der Waals surface area contributed by atoms with Crippen molar-refractivity contribution >= 4 is 11.9 Å². The van der Waals surface area contributed by atoms with Crippen LogP contribution in [0.3, 0.4) is 0 Å². The standard InChI is InChI=1S/C11H14O4/c1-4-5-6-7-15-11(13)9(2)8-10(12)14-3/h4-6,8H,1,7H2,2-3H3/b6-5+,9-8+. The zero-order valence-electron chi connectivity index (χ0n) is 8.86. The molecule has 0 saturated heterocycles. The third kappa shape index (κ3) is 6.26. The maximum absolute atomic E-state index is 11.2. The Balaban J connectivity index is 4.10. The van der Waals surface area contributed by atoms with Gasteiger partial charge >= 0.3 is 11.9 Å². The highest BCUT2D eigenvalue weighted by atomic mass is 16.5. The summed E-state index contributed by atoms with van der Waals surface area (Å²) in [5.41, 5.74) is 0.203. The lowest BCUT2D eigenvalue weighted by Crippen LogP contribution is -2.08. The van der Waals surface area contributed by atoms with Crippen molar-refractivity contribution in [3.63, 3.8) is 0 Å². The highest BCUT2D eigenvalue weighted by molar-refractivity contribution is 5.95. The first-order valence-electron chi connectivity index (χ1n) is 4.32. The molecule has 0 spiro atoms. The van der Waals surface area contributed by atoms with E-state index in [1.54, 1.807) is 18.2 Å². The Bertz CT molecular complexity index is 300. The SMILES string of the molecule is C=C/C=C/COC(=O)/C(C)=C/C(=O)OC. The molecule has 0 radical (unpaired) electrons. The number of esters is 2. The number of methoxy groups -OCH3 is 1. The molecule has 0 aliphatic carbocycles. The first-order valence-corrected chi connectivity index (χ1v) is 4.32. The van der Waals surface area contributed by atoms with E-state index in [2.05, 4.69) is 11.3 Å². The molecule has 0 bridgehead atoms. The zero-order valence-corrected chi connectivity index (χ0v) is 8.86. The van der Waals surface area contributed by atoms with Gasteiger partial charge in [-0.25, -0.2) is 9.59 Å². The van der Waals surface area contributed by atoms with Gasteiger partial charge in [-0.2, -0.15) is 0 Å². The lowest BCUT2D eigenvalue weighted by atomic mass is 10.3. The minimum absolute atomic E-state index is 0.150. The Labute approximate surface area is 88.9 Å². The molecule has 0 atom stereocenters. The topological polar surface area (TPSA) is 52.6 Å². The Morgan fingerprint density at radius 3 is 2.60 bits per heavy atom. The van der Waals surface area contributed by atoms with Crippen LogP contribution in [0.1, 0.15) is 6.92 Å². The normalized spacial score (nSPS) is 11.2. The van der Waals surface area contributed by atoms with E-state index in [-0.39, 0.29) is 12.2 Å². The van der Waals surface area contributed by atoms with Crippen molar-refractivity contribution in [3.05, 3.63) is 36.5 Å². The van der Waals surface area contributed by atoms with E-state index in [0.29, 0.717) is 0 Å². The molecular weight excluding hydrogens is 196 g/mol. The van der Waals surface area contributed by atoms with Crippen molar-refractivity contribution in [2.45, 2.75) is 6.92 Å². The third-order valence-electron chi connectivity index (χ3n) is 1.44. The number of hydrogen-bond acceptors (Lipinski definition) is 4. The molecule has 0 aromatic carbocycles. The van der Waals surface area contributed by atoms with Crippen LogP contribution >= 0.6 is 0 Å². The fraction of sp³-hybridized carbons (Fsp3) is 0.273. The van der Waals surface area contributed by atoms with Gasteiger partial charge in [0.15, 0.2) is 0 Å². The van der Waals surface area contributed by atoms with Crippen molar-refractivity contribution in [2.75, 3.05) is 13.7 Å². The van der Waals surface area contributed by atoms with Crippen LogP contribution in [0.4, 0.5) is 0 Å². The molecule has 0 amide bonds. The van der Waals surface area contributed by atoms with Crippen LogP contribution in [0.25, 0.3) is 0 Å². The van der Waals surface area contributed by atoms with E-state index in [9.17, 15) is 9.59 Å². The van der Waals surface area contributed by atoms with Gasteiger partial charge in [-0.05, 0) is 13.0 Å². The van der Waals surface area contributed by atoms with E-state index >= 15 is 0 Å². The molecule has 82 valence electrons. The van der Waals surface area contributed by atoms with Gasteiger partial charge in [-0.15, -0.1) is 0 Å². The van der Waals surface area contributed by atoms with Crippen LogP contribution < -0.4 is 0 Å². The first kappa shape index (κ1) is 13.2. The number of hydrogen-bond donors (Lipinski definition) is 0. The van der Waals surface area contributed by atoms with E-state index in [0.717, 1.165) is 6.08 Å². The summed E-state index contributed by atoms with van der Waals surface area (Å²) in [7, 11) is 1.24. The second-order valence-corrected chi connectivity index (χ2v) is 2.61. The van der Waals surface area contributed by atoms with Crippen molar-refractivity contribution < 1.29 is 19.1 Å². The summed E-state index contributed by atoms with van der Waals surface area (Å²) in [4.78, 5) is 22.0. The molecule has 0 aliphatic rings. The highest BCUT2D eigenvalue weighted by Gasteiger charge is 2.06. The van der Waals surface area contributed by atoms with Gasteiger partial charge < -0.3 is 9.47 Å². The van der Waals surface area contributed by atoms with Gasteiger partial charge in [0.2, 0.25) is 0 Å². The van der Waals surface area contributed by atoms with E-state index in [4.69, 9.17) is 4.74 Å². The predicted octanol–water partition coefficient (Wildman–Crippen LogP) is 1.39. The van der Waals surface area contributed by atoms with Crippen LogP contribution in [0.2, 0.25) is 0 Å². The van der Waals surface area contributed by atoms with Gasteiger partial charge in [0.05, 0.1) is 7.11 Å². The number of carbonyl (C=O) groups is 2. The molecule has 4 heteroatoms. The molecule has 0 heterocycles. The van der Waals surface area contributed by atoms with Crippen molar-refractivity contribution in [1.29, 1.82) is 0 Å². The van der Waals surface area contributed by atoms with Gasteiger partial charge in [0.25, 0.3) is 0 Å². The fourth-order valence-corrected chi connectivity index (χ4v) is 0.684. The second-order valence-electron chi connectivity index (χ2n) is 2.61. The fourth-order valence-electron chi connectivity index (χ4n) is 0.684. The van der Waals surface area contributed by atoms with Crippen molar-refractivity contribution in [3.8, 4) is 0 Å². The molecule has 0 saturated carbocycles. The lowest BCUT2D eigenvalue weighted by Gasteiger charge is -2.00. The number of ether oxygens (including phenoxy) is 2. The predicted molar refractivity (Wildman–Crippen MR) is 56.1 cm³/mol. The molecule has 0 fully saturated rings. The largest absolute Gasteiger partial charge is 0.466 e. The Morgan fingerprint density at radius 1 is 1.40 bits per heavy atom.